The SMILES string of the molecule is C=NC(C(=O)OC(C)(C)C)C(NC(=O)OC(C)(C)C)c1ccccc1.CC(C)(C)OC(=O)CN=C1c2ccccc2-c2ccccc21.CC(C)(C)OC(=O)N=Cc1ccccc1. The molecule has 0 fully saturated rings. The van der Waals surface area contributed by atoms with E-state index in [4.69, 9.17) is 18.9 Å². The summed E-state index contributed by atoms with van der Waals surface area (Å²) >= 11 is 0. The van der Waals surface area contributed by atoms with Crippen molar-refractivity contribution in [2.45, 2.75) is 118 Å². The molecule has 2 amide bonds. The van der Waals surface area contributed by atoms with Crippen LogP contribution in [0.1, 0.15) is 111 Å². The summed E-state index contributed by atoms with van der Waals surface area (Å²) in [4.78, 5) is 60.0. The fourth-order valence-corrected chi connectivity index (χ4v) is 5.75. The topological polar surface area (TPSA) is 154 Å². The van der Waals surface area contributed by atoms with Crippen LogP contribution in [0.25, 0.3) is 11.1 Å². The lowest BCUT2D eigenvalue weighted by Gasteiger charge is -2.28. The fraction of sp³-hybridized carbons (Fsp3) is 0.380. The molecule has 0 aliphatic heterocycles. The minimum atomic E-state index is -0.992. The Morgan fingerprint density at radius 3 is 1.47 bits per heavy atom. The van der Waals surface area contributed by atoms with Crippen LogP contribution >= 0.6 is 0 Å². The van der Waals surface area contributed by atoms with Gasteiger partial charge < -0.3 is 24.3 Å². The Morgan fingerprint density at radius 2 is 1.02 bits per heavy atom. The molecule has 0 saturated carbocycles. The number of esters is 2. The third-order valence-corrected chi connectivity index (χ3v) is 7.94. The summed E-state index contributed by atoms with van der Waals surface area (Å²) in [6.07, 6.45) is 0.290. The van der Waals surface area contributed by atoms with Gasteiger partial charge in [-0.2, -0.15) is 4.99 Å². The van der Waals surface area contributed by atoms with Crippen LogP contribution in [0.2, 0.25) is 0 Å². The molecule has 4 aromatic carbocycles. The zero-order valence-corrected chi connectivity index (χ0v) is 38.1. The molecule has 0 spiro atoms. The highest BCUT2D eigenvalue weighted by Gasteiger charge is 2.35. The van der Waals surface area contributed by atoms with Crippen molar-refractivity contribution < 1.29 is 38.1 Å². The minimum absolute atomic E-state index is 0.0370. The van der Waals surface area contributed by atoms with E-state index in [-0.39, 0.29) is 12.5 Å². The number of aliphatic imine (C=N–C) groups is 3. The highest BCUT2D eigenvalue weighted by molar-refractivity contribution is 6.24. The summed E-state index contributed by atoms with van der Waals surface area (Å²) in [7, 11) is 0. The Bertz CT molecular complexity index is 2140. The monoisotopic (exact) mass is 846 g/mol. The van der Waals surface area contributed by atoms with Crippen molar-refractivity contribution in [3.8, 4) is 11.1 Å². The van der Waals surface area contributed by atoms with Gasteiger partial charge in [-0.3, -0.25) is 14.8 Å². The molecule has 12 heteroatoms. The largest absolute Gasteiger partial charge is 0.459 e. The van der Waals surface area contributed by atoms with Crippen molar-refractivity contribution in [2.24, 2.45) is 15.0 Å². The Morgan fingerprint density at radius 1 is 0.581 bits per heavy atom. The summed E-state index contributed by atoms with van der Waals surface area (Å²) in [6, 6.07) is 33.0. The van der Waals surface area contributed by atoms with Crippen molar-refractivity contribution in [3.05, 3.63) is 131 Å². The van der Waals surface area contributed by atoms with Crippen LogP contribution < -0.4 is 5.32 Å². The van der Waals surface area contributed by atoms with Gasteiger partial charge in [0.25, 0.3) is 0 Å². The highest BCUT2D eigenvalue weighted by atomic mass is 16.6. The van der Waals surface area contributed by atoms with E-state index < -0.39 is 52.6 Å². The van der Waals surface area contributed by atoms with E-state index in [1.807, 2.05) is 126 Å². The fourth-order valence-electron chi connectivity index (χ4n) is 5.75. The summed E-state index contributed by atoms with van der Waals surface area (Å²) in [5.41, 5.74) is 4.63. The number of nitrogens with one attached hydrogen (secondary N) is 1. The Kier molecular flexibility index (Phi) is 17.6. The van der Waals surface area contributed by atoms with Gasteiger partial charge in [0.05, 0.1) is 11.8 Å². The number of fused-ring (bicyclic) bond motifs is 3. The van der Waals surface area contributed by atoms with E-state index in [1.54, 1.807) is 53.7 Å². The Balaban J connectivity index is 0.000000255. The zero-order valence-electron chi connectivity index (χ0n) is 38.1. The van der Waals surface area contributed by atoms with Gasteiger partial charge in [-0.1, -0.05) is 109 Å². The number of hydrogen-bond acceptors (Lipinski definition) is 10. The number of ether oxygens (including phenoxy) is 4. The Hall–Kier alpha value is -6.43. The van der Waals surface area contributed by atoms with Crippen LogP contribution in [-0.2, 0) is 28.5 Å². The third-order valence-electron chi connectivity index (χ3n) is 7.94. The lowest BCUT2D eigenvalue weighted by Crippen LogP contribution is -2.43. The number of carbonyl (C=O) groups excluding carboxylic acids is 4. The molecule has 0 radical (unpaired) electrons. The molecule has 0 aromatic heterocycles. The number of amides is 2. The van der Waals surface area contributed by atoms with Gasteiger partial charge >= 0.3 is 24.1 Å². The molecule has 5 rings (SSSR count). The first-order valence-corrected chi connectivity index (χ1v) is 20.4. The average Bonchev–Trinajstić information content (AvgIpc) is 3.48. The van der Waals surface area contributed by atoms with E-state index in [2.05, 4.69) is 39.1 Å². The standard InChI is InChI=1S/C19H28N2O4.C19H19NO2.C12H15NO2/c1-18(2,3)24-16(22)15(20-7)14(13-11-9-8-10-12-13)21-17(23)25-19(4,5)6;1-19(2,3)22-17(21)12-20-18-15-10-6-4-8-13(15)14-9-5-7-11-16(14)18;1-12(2,3)15-11(14)13-9-10-7-5-4-6-8-10/h8-12,14-15H,7H2,1-6H3,(H,21,23);4-11H,12H2,1-3H3;4-9H,1-3H3. The molecule has 330 valence electrons. The van der Waals surface area contributed by atoms with Crippen LogP contribution in [0, 0.1) is 0 Å². The third kappa shape index (κ3) is 17.7. The van der Waals surface area contributed by atoms with Crippen molar-refractivity contribution in [1.29, 1.82) is 0 Å². The molecule has 0 heterocycles. The maximum Gasteiger partial charge on any atom is 0.434 e. The smallest absolute Gasteiger partial charge is 0.434 e. The van der Waals surface area contributed by atoms with Gasteiger partial charge in [0.1, 0.15) is 28.9 Å². The van der Waals surface area contributed by atoms with E-state index in [0.29, 0.717) is 5.56 Å². The van der Waals surface area contributed by atoms with Crippen molar-refractivity contribution in [3.63, 3.8) is 0 Å². The molecule has 0 saturated heterocycles. The van der Waals surface area contributed by atoms with Crippen molar-refractivity contribution in [2.75, 3.05) is 6.54 Å². The summed E-state index contributed by atoms with van der Waals surface area (Å²) in [6.45, 7) is 25.1. The number of benzene rings is 4. The molecule has 2 unspecified atom stereocenters. The van der Waals surface area contributed by atoms with Crippen LogP contribution in [0.3, 0.4) is 0 Å². The van der Waals surface area contributed by atoms with Gasteiger partial charge in [0.15, 0.2) is 6.04 Å². The van der Waals surface area contributed by atoms with Gasteiger partial charge in [0, 0.05) is 17.3 Å². The quantitative estimate of drug-likeness (QED) is 0.0919. The zero-order chi connectivity index (χ0) is 46.3. The maximum atomic E-state index is 12.5. The number of rotatable bonds is 8. The van der Waals surface area contributed by atoms with E-state index in [9.17, 15) is 19.2 Å². The predicted molar refractivity (Wildman–Crippen MR) is 246 cm³/mol. The van der Waals surface area contributed by atoms with Gasteiger partial charge in [-0.05, 0) is 112 Å². The molecule has 1 N–H and O–H groups in total. The van der Waals surface area contributed by atoms with Gasteiger partial charge in [-0.25, -0.2) is 14.4 Å². The second kappa shape index (κ2) is 21.9. The van der Waals surface area contributed by atoms with Gasteiger partial charge in [0.2, 0.25) is 0 Å². The molecule has 0 bridgehead atoms. The molecule has 12 nitrogen and oxygen atoms in total. The molecule has 62 heavy (non-hydrogen) atoms. The maximum absolute atomic E-state index is 12.5. The first-order chi connectivity index (χ1) is 28.9. The molecule has 1 aliphatic rings. The van der Waals surface area contributed by atoms with E-state index >= 15 is 0 Å². The van der Waals surface area contributed by atoms with Gasteiger partial charge in [-0.15, -0.1) is 0 Å². The van der Waals surface area contributed by atoms with Crippen LogP contribution in [-0.4, -0.2) is 77.8 Å². The average molecular weight is 847 g/mol. The van der Waals surface area contributed by atoms with Crippen LogP contribution in [0.4, 0.5) is 9.59 Å². The van der Waals surface area contributed by atoms with Crippen LogP contribution in [0.15, 0.2) is 124 Å². The Labute approximate surface area is 366 Å². The second-order valence-electron chi connectivity index (χ2n) is 18.2. The van der Waals surface area contributed by atoms with Crippen molar-refractivity contribution in [1.82, 2.24) is 5.32 Å². The highest BCUT2D eigenvalue weighted by Crippen LogP contribution is 2.36. The first kappa shape index (κ1) is 49.9. The number of hydrogen-bond donors (Lipinski definition) is 1. The molecular weight excluding hydrogens is 785 g/mol. The normalized spacial score (nSPS) is 13.0. The lowest BCUT2D eigenvalue weighted by molar-refractivity contribution is -0.157. The van der Waals surface area contributed by atoms with Crippen LogP contribution in [0.5, 0.6) is 0 Å². The predicted octanol–water partition coefficient (Wildman–Crippen LogP) is 10.5. The molecule has 1 aliphatic carbocycles. The number of carbonyl (C=O) groups is 4. The first-order valence-electron chi connectivity index (χ1n) is 20.4. The summed E-state index contributed by atoms with van der Waals surface area (Å²) in [5.74, 6) is -0.866. The second-order valence-corrected chi connectivity index (χ2v) is 18.2. The van der Waals surface area contributed by atoms with E-state index in [1.165, 1.54) is 17.3 Å². The molecule has 2 atom stereocenters. The minimum Gasteiger partial charge on any atom is -0.459 e. The number of nitrogens with zero attached hydrogens (tertiary/aromatic N) is 3. The van der Waals surface area contributed by atoms with Crippen molar-refractivity contribution >= 4 is 42.8 Å². The molecule has 4 aromatic rings. The molecular formula is C50H62N4O8. The lowest BCUT2D eigenvalue weighted by atomic mass is 9.99. The number of alkyl carbamates (subject to hydrolysis) is 1. The van der Waals surface area contributed by atoms with E-state index in [0.717, 1.165) is 22.4 Å². The summed E-state index contributed by atoms with van der Waals surface area (Å²) in [5, 5.41) is 2.71. The summed E-state index contributed by atoms with van der Waals surface area (Å²) < 4.78 is 21.1.